The van der Waals surface area contributed by atoms with E-state index >= 15 is 0 Å². The molecule has 0 saturated carbocycles. The Bertz CT molecular complexity index is 894. The van der Waals surface area contributed by atoms with Crippen LogP contribution in [0, 0.1) is 5.92 Å². The summed E-state index contributed by atoms with van der Waals surface area (Å²) in [7, 11) is 0. The van der Waals surface area contributed by atoms with Crippen LogP contribution in [0.15, 0.2) is 16.9 Å². The van der Waals surface area contributed by atoms with Gasteiger partial charge in [0.05, 0.1) is 34.3 Å². The van der Waals surface area contributed by atoms with Crippen LogP contribution in [-0.2, 0) is 13.1 Å². The Hall–Kier alpha value is -1.92. The lowest BCUT2D eigenvalue weighted by Gasteiger charge is -2.21. The standard InChI is InChI=1S/C19H24Cl2N2O4/c1-4-5-6-27-17-12-7-14(20)15(21)8-13(12)18(24)23(10-11(2)3)16(17)9-22-19(25)26/h7-8,11,22H,4-6,9-10H2,1-3H3,(H,25,26). The first-order chi connectivity index (χ1) is 12.8. The summed E-state index contributed by atoms with van der Waals surface area (Å²) in [6.45, 7) is 6.84. The van der Waals surface area contributed by atoms with Crippen LogP contribution in [0.4, 0.5) is 4.79 Å². The molecular formula is C19H24Cl2N2O4. The number of hydrogen-bond acceptors (Lipinski definition) is 3. The van der Waals surface area contributed by atoms with Crippen LogP contribution < -0.4 is 15.6 Å². The lowest BCUT2D eigenvalue weighted by atomic mass is 10.1. The Balaban J connectivity index is 2.78. The van der Waals surface area contributed by atoms with Gasteiger partial charge in [0.2, 0.25) is 0 Å². The molecule has 0 aliphatic carbocycles. The molecule has 148 valence electrons. The minimum absolute atomic E-state index is 0.0467. The normalized spacial score (nSPS) is 11.2. The molecule has 0 saturated heterocycles. The molecule has 2 aromatic rings. The third kappa shape index (κ3) is 5.08. The van der Waals surface area contributed by atoms with Crippen molar-refractivity contribution >= 4 is 40.1 Å². The Morgan fingerprint density at radius 3 is 2.44 bits per heavy atom. The molecule has 1 amide bonds. The molecule has 0 bridgehead atoms. The van der Waals surface area contributed by atoms with Gasteiger partial charge in [-0.25, -0.2) is 4.79 Å². The van der Waals surface area contributed by atoms with Gasteiger partial charge in [-0.3, -0.25) is 4.79 Å². The number of rotatable bonds is 8. The summed E-state index contributed by atoms with van der Waals surface area (Å²) < 4.78 is 7.56. The van der Waals surface area contributed by atoms with Crippen LogP contribution in [0.5, 0.6) is 5.75 Å². The summed E-state index contributed by atoms with van der Waals surface area (Å²) in [5.41, 5.74) is 0.236. The summed E-state index contributed by atoms with van der Waals surface area (Å²) in [5, 5.41) is 12.9. The molecule has 6 nitrogen and oxygen atoms in total. The zero-order chi connectivity index (χ0) is 20.1. The largest absolute Gasteiger partial charge is 0.491 e. The number of fused-ring (bicyclic) bond motifs is 1. The topological polar surface area (TPSA) is 80.6 Å². The summed E-state index contributed by atoms with van der Waals surface area (Å²) in [4.78, 5) is 24.2. The number of nitrogens with one attached hydrogen (secondary N) is 1. The Morgan fingerprint density at radius 1 is 1.26 bits per heavy atom. The van der Waals surface area contributed by atoms with E-state index in [4.69, 9.17) is 33.0 Å². The Kier molecular flexibility index (Phi) is 7.39. The molecular weight excluding hydrogens is 391 g/mol. The van der Waals surface area contributed by atoms with Crippen molar-refractivity contribution in [2.24, 2.45) is 5.92 Å². The smallest absolute Gasteiger partial charge is 0.404 e. The molecule has 8 heteroatoms. The van der Waals surface area contributed by atoms with E-state index in [0.717, 1.165) is 12.8 Å². The Morgan fingerprint density at radius 2 is 1.89 bits per heavy atom. The molecule has 2 N–H and O–H groups in total. The number of benzene rings is 1. The molecule has 1 aromatic heterocycles. The molecule has 0 fully saturated rings. The summed E-state index contributed by atoms with van der Waals surface area (Å²) >= 11 is 12.3. The van der Waals surface area contributed by atoms with Crippen molar-refractivity contribution in [2.75, 3.05) is 6.61 Å². The third-order valence-electron chi connectivity index (χ3n) is 4.07. The number of pyridine rings is 1. The number of carbonyl (C=O) groups is 1. The van der Waals surface area contributed by atoms with E-state index in [9.17, 15) is 9.59 Å². The maximum Gasteiger partial charge on any atom is 0.404 e. The molecule has 1 heterocycles. The van der Waals surface area contributed by atoms with Gasteiger partial charge in [0, 0.05) is 11.9 Å². The van der Waals surface area contributed by atoms with Crippen molar-refractivity contribution < 1.29 is 14.6 Å². The van der Waals surface area contributed by atoms with Gasteiger partial charge in [0.25, 0.3) is 5.56 Å². The molecule has 27 heavy (non-hydrogen) atoms. The molecule has 0 atom stereocenters. The third-order valence-corrected chi connectivity index (χ3v) is 4.79. The number of halogens is 2. The number of aromatic nitrogens is 1. The summed E-state index contributed by atoms with van der Waals surface area (Å²) in [6, 6.07) is 3.14. The van der Waals surface area contributed by atoms with E-state index in [-0.39, 0.29) is 23.0 Å². The first kappa shape index (κ1) is 21.4. The SMILES string of the molecule is CCCCOc1c(CNC(=O)O)n(CC(C)C)c(=O)c2cc(Cl)c(Cl)cc12. The quantitative estimate of drug-likeness (QED) is 0.601. The van der Waals surface area contributed by atoms with Gasteiger partial charge in [-0.1, -0.05) is 50.4 Å². The maximum atomic E-state index is 13.1. The van der Waals surface area contributed by atoms with E-state index in [1.807, 2.05) is 20.8 Å². The second-order valence-corrected chi connectivity index (χ2v) is 7.57. The van der Waals surface area contributed by atoms with Crippen LogP contribution >= 0.6 is 23.2 Å². The summed E-state index contributed by atoms with van der Waals surface area (Å²) in [5.74, 6) is 0.640. The molecule has 0 aliphatic rings. The fourth-order valence-corrected chi connectivity index (χ4v) is 3.16. The predicted molar refractivity (Wildman–Crippen MR) is 108 cm³/mol. The van der Waals surface area contributed by atoms with Crippen molar-refractivity contribution in [1.82, 2.24) is 9.88 Å². The van der Waals surface area contributed by atoms with Gasteiger partial charge in [-0.05, 0) is 24.5 Å². The van der Waals surface area contributed by atoms with Crippen molar-refractivity contribution in [3.63, 3.8) is 0 Å². The highest BCUT2D eigenvalue weighted by Crippen LogP contribution is 2.34. The molecule has 2 rings (SSSR count). The Labute approximate surface area is 168 Å². The van der Waals surface area contributed by atoms with Gasteiger partial charge in [-0.2, -0.15) is 0 Å². The monoisotopic (exact) mass is 414 g/mol. The average Bonchev–Trinajstić information content (AvgIpc) is 2.59. The first-order valence-electron chi connectivity index (χ1n) is 8.90. The van der Waals surface area contributed by atoms with Crippen LogP contribution in [0.25, 0.3) is 10.8 Å². The van der Waals surface area contributed by atoms with E-state index in [1.54, 1.807) is 16.7 Å². The van der Waals surface area contributed by atoms with Crippen LogP contribution in [0.1, 0.15) is 39.3 Å². The minimum atomic E-state index is -1.17. The molecule has 0 unspecified atom stereocenters. The molecule has 1 aromatic carbocycles. The highest BCUT2D eigenvalue weighted by molar-refractivity contribution is 6.42. The fourth-order valence-electron chi connectivity index (χ4n) is 2.83. The van der Waals surface area contributed by atoms with Crippen molar-refractivity contribution in [3.8, 4) is 5.75 Å². The second-order valence-electron chi connectivity index (χ2n) is 6.76. The number of ether oxygens (including phenoxy) is 1. The van der Waals surface area contributed by atoms with Gasteiger partial charge >= 0.3 is 6.09 Å². The number of amides is 1. The van der Waals surface area contributed by atoms with E-state index < -0.39 is 6.09 Å². The minimum Gasteiger partial charge on any atom is -0.491 e. The lowest BCUT2D eigenvalue weighted by molar-refractivity contribution is 0.193. The van der Waals surface area contributed by atoms with Crippen LogP contribution in [0.3, 0.4) is 0 Å². The lowest BCUT2D eigenvalue weighted by Crippen LogP contribution is -2.31. The van der Waals surface area contributed by atoms with Crippen molar-refractivity contribution in [2.45, 2.75) is 46.7 Å². The van der Waals surface area contributed by atoms with E-state index in [0.29, 0.717) is 40.4 Å². The van der Waals surface area contributed by atoms with Gasteiger partial charge in [-0.15, -0.1) is 0 Å². The molecule has 0 spiro atoms. The second kappa shape index (κ2) is 9.33. The number of carboxylic acid groups (broad SMARTS) is 1. The van der Waals surface area contributed by atoms with Gasteiger partial charge in [0.1, 0.15) is 5.75 Å². The zero-order valence-corrected chi connectivity index (χ0v) is 17.2. The van der Waals surface area contributed by atoms with Crippen LogP contribution in [0.2, 0.25) is 10.0 Å². The molecule has 0 radical (unpaired) electrons. The van der Waals surface area contributed by atoms with Crippen molar-refractivity contribution in [3.05, 3.63) is 38.2 Å². The maximum absolute atomic E-state index is 13.1. The van der Waals surface area contributed by atoms with Crippen LogP contribution in [-0.4, -0.2) is 22.4 Å². The predicted octanol–water partition coefficient (Wildman–Crippen LogP) is 4.91. The van der Waals surface area contributed by atoms with Gasteiger partial charge < -0.3 is 19.7 Å². The number of nitrogens with zero attached hydrogens (tertiary/aromatic N) is 1. The summed E-state index contributed by atoms with van der Waals surface area (Å²) in [6.07, 6.45) is 0.601. The van der Waals surface area contributed by atoms with E-state index in [2.05, 4.69) is 5.32 Å². The number of hydrogen-bond donors (Lipinski definition) is 2. The fraction of sp³-hybridized carbons (Fsp3) is 0.474. The molecule has 0 aliphatic heterocycles. The highest BCUT2D eigenvalue weighted by Gasteiger charge is 2.20. The van der Waals surface area contributed by atoms with E-state index in [1.165, 1.54) is 0 Å². The van der Waals surface area contributed by atoms with Gasteiger partial charge in [0.15, 0.2) is 0 Å². The first-order valence-corrected chi connectivity index (χ1v) is 9.65. The highest BCUT2D eigenvalue weighted by atomic mass is 35.5. The zero-order valence-electron chi connectivity index (χ0n) is 15.6. The number of unbranched alkanes of at least 4 members (excludes halogenated alkanes) is 1. The van der Waals surface area contributed by atoms with Crippen molar-refractivity contribution in [1.29, 1.82) is 0 Å². The average molecular weight is 415 g/mol.